The molecule has 1 aromatic rings. The molecule has 0 radical (unpaired) electrons. The van der Waals surface area contributed by atoms with E-state index in [9.17, 15) is 14.0 Å². The highest BCUT2D eigenvalue weighted by Gasteiger charge is 2.38. The van der Waals surface area contributed by atoms with Gasteiger partial charge in [-0.1, -0.05) is 0 Å². The summed E-state index contributed by atoms with van der Waals surface area (Å²) in [6.45, 7) is 4.86. The lowest BCUT2D eigenvalue weighted by atomic mass is 9.84. The van der Waals surface area contributed by atoms with Crippen LogP contribution in [0.5, 0.6) is 0 Å². The van der Waals surface area contributed by atoms with Crippen molar-refractivity contribution < 1.29 is 18.7 Å². The van der Waals surface area contributed by atoms with Crippen molar-refractivity contribution in [3.63, 3.8) is 0 Å². The Balaban J connectivity index is 3.09. The van der Waals surface area contributed by atoms with Gasteiger partial charge in [-0.2, -0.15) is 0 Å². The topological polar surface area (TPSA) is 43.4 Å². The number of ether oxygens (including phenoxy) is 1. The van der Waals surface area contributed by atoms with Gasteiger partial charge in [0.2, 0.25) is 0 Å². The van der Waals surface area contributed by atoms with Gasteiger partial charge in [0.25, 0.3) is 0 Å². The molecule has 0 saturated carbocycles. The minimum atomic E-state index is -1.30. The number of carbonyl (C=O) groups is 2. The summed E-state index contributed by atoms with van der Waals surface area (Å²) in [6.07, 6.45) is 0. The zero-order chi connectivity index (χ0) is 13.9. The number of hydrogen-bond donors (Lipinski definition) is 0. The van der Waals surface area contributed by atoms with Crippen LogP contribution >= 0.6 is 15.9 Å². The Hall–Kier alpha value is -1.23. The number of esters is 1. The second-order valence-electron chi connectivity index (χ2n) is 4.30. The number of carbonyl (C=O) groups excluding carboxylic acids is 2. The number of benzene rings is 1. The minimum Gasteiger partial charge on any atom is -0.465 e. The fourth-order valence-electron chi connectivity index (χ4n) is 1.41. The molecule has 0 unspecified atom stereocenters. The van der Waals surface area contributed by atoms with Crippen LogP contribution in [0.2, 0.25) is 0 Å². The fourth-order valence-corrected chi connectivity index (χ4v) is 1.95. The first-order valence-corrected chi connectivity index (χ1v) is 6.27. The van der Waals surface area contributed by atoms with Crippen molar-refractivity contribution in [3.05, 3.63) is 34.1 Å². The van der Waals surface area contributed by atoms with Crippen LogP contribution in [0.25, 0.3) is 0 Å². The molecule has 1 aromatic carbocycles. The summed E-state index contributed by atoms with van der Waals surface area (Å²) in [4.78, 5) is 24.0. The highest BCUT2D eigenvalue weighted by atomic mass is 79.9. The first-order chi connectivity index (χ1) is 8.30. The lowest BCUT2D eigenvalue weighted by molar-refractivity contribution is -0.150. The summed E-state index contributed by atoms with van der Waals surface area (Å²) in [6, 6.07) is 3.72. The van der Waals surface area contributed by atoms with Crippen LogP contribution in [-0.2, 0) is 9.53 Å². The molecule has 0 atom stereocenters. The summed E-state index contributed by atoms with van der Waals surface area (Å²) in [5, 5.41) is 0. The molecule has 98 valence electrons. The lowest BCUT2D eigenvalue weighted by Gasteiger charge is -2.21. The van der Waals surface area contributed by atoms with Gasteiger partial charge in [0.1, 0.15) is 11.2 Å². The van der Waals surface area contributed by atoms with Crippen molar-refractivity contribution in [3.8, 4) is 0 Å². The van der Waals surface area contributed by atoms with Gasteiger partial charge in [-0.05, 0) is 54.9 Å². The third kappa shape index (κ3) is 2.96. The molecule has 0 saturated heterocycles. The van der Waals surface area contributed by atoms with Crippen LogP contribution in [0.4, 0.5) is 4.39 Å². The Labute approximate surface area is 113 Å². The molecular weight excluding hydrogens is 303 g/mol. The predicted molar refractivity (Wildman–Crippen MR) is 68.8 cm³/mol. The second kappa shape index (κ2) is 5.61. The molecular formula is C13H14BrFO3. The second-order valence-corrected chi connectivity index (χ2v) is 5.15. The van der Waals surface area contributed by atoms with Crippen LogP contribution < -0.4 is 0 Å². The molecule has 0 aromatic heterocycles. The Morgan fingerprint density at radius 1 is 1.39 bits per heavy atom. The van der Waals surface area contributed by atoms with Gasteiger partial charge >= 0.3 is 5.97 Å². The Morgan fingerprint density at radius 3 is 2.50 bits per heavy atom. The van der Waals surface area contributed by atoms with E-state index in [0.717, 1.165) is 0 Å². The highest BCUT2D eigenvalue weighted by Crippen LogP contribution is 2.28. The molecule has 0 aliphatic rings. The maximum Gasteiger partial charge on any atom is 0.319 e. The van der Waals surface area contributed by atoms with Crippen molar-refractivity contribution in [2.24, 2.45) is 5.41 Å². The average molecular weight is 317 g/mol. The average Bonchev–Trinajstić information content (AvgIpc) is 2.28. The maximum atomic E-state index is 13.0. The summed E-state index contributed by atoms with van der Waals surface area (Å²) >= 11 is 3.12. The van der Waals surface area contributed by atoms with E-state index in [-0.39, 0.29) is 12.2 Å². The normalized spacial score (nSPS) is 11.2. The molecule has 0 aliphatic carbocycles. The van der Waals surface area contributed by atoms with Crippen LogP contribution in [0, 0.1) is 11.2 Å². The molecule has 0 N–H and O–H groups in total. The first kappa shape index (κ1) is 14.8. The first-order valence-electron chi connectivity index (χ1n) is 5.47. The molecule has 5 heteroatoms. The largest absolute Gasteiger partial charge is 0.465 e. The molecule has 0 fully saturated rings. The van der Waals surface area contributed by atoms with Gasteiger partial charge in [0, 0.05) is 10.0 Å². The Bertz CT molecular complexity index is 483. The molecule has 3 nitrogen and oxygen atoms in total. The van der Waals surface area contributed by atoms with Crippen molar-refractivity contribution >= 4 is 27.7 Å². The summed E-state index contributed by atoms with van der Waals surface area (Å²) in [5.41, 5.74) is -1.04. The maximum absolute atomic E-state index is 13.0. The number of ketones is 1. The molecule has 1 rings (SSSR count). The van der Waals surface area contributed by atoms with Gasteiger partial charge < -0.3 is 4.74 Å². The van der Waals surface area contributed by atoms with E-state index >= 15 is 0 Å². The fraction of sp³-hybridized carbons (Fsp3) is 0.385. The lowest BCUT2D eigenvalue weighted by Crippen LogP contribution is -2.35. The standard InChI is InChI=1S/C13H14BrFO3/c1-4-18-12(17)13(2,3)11(16)9-6-5-8(15)7-10(9)14/h5-7H,4H2,1-3H3. The van der Waals surface area contributed by atoms with Crippen molar-refractivity contribution in [2.45, 2.75) is 20.8 Å². The van der Waals surface area contributed by atoms with E-state index < -0.39 is 23.0 Å². The summed E-state index contributed by atoms with van der Waals surface area (Å²) in [5.74, 6) is -1.45. The van der Waals surface area contributed by atoms with Crippen LogP contribution in [0.3, 0.4) is 0 Å². The number of hydrogen-bond acceptors (Lipinski definition) is 3. The summed E-state index contributed by atoms with van der Waals surface area (Å²) in [7, 11) is 0. The monoisotopic (exact) mass is 316 g/mol. The Kier molecular flexibility index (Phi) is 4.62. The molecule has 0 amide bonds. The quantitative estimate of drug-likeness (QED) is 0.486. The zero-order valence-electron chi connectivity index (χ0n) is 10.4. The van der Waals surface area contributed by atoms with Gasteiger partial charge in [0.05, 0.1) is 6.61 Å². The van der Waals surface area contributed by atoms with E-state index in [2.05, 4.69) is 15.9 Å². The van der Waals surface area contributed by atoms with E-state index in [0.29, 0.717) is 4.47 Å². The molecule has 0 spiro atoms. The predicted octanol–water partition coefficient (Wildman–Crippen LogP) is 3.36. The van der Waals surface area contributed by atoms with Crippen LogP contribution in [0.15, 0.2) is 22.7 Å². The highest BCUT2D eigenvalue weighted by molar-refractivity contribution is 9.10. The van der Waals surface area contributed by atoms with Gasteiger partial charge in [0.15, 0.2) is 5.78 Å². The van der Waals surface area contributed by atoms with Crippen molar-refractivity contribution in [1.29, 1.82) is 0 Å². The third-order valence-corrected chi connectivity index (χ3v) is 3.19. The zero-order valence-corrected chi connectivity index (χ0v) is 12.0. The summed E-state index contributed by atoms with van der Waals surface area (Å²) < 4.78 is 18.1. The number of rotatable bonds is 4. The van der Waals surface area contributed by atoms with E-state index in [1.807, 2.05) is 0 Å². The van der Waals surface area contributed by atoms with Gasteiger partial charge in [-0.3, -0.25) is 9.59 Å². The minimum absolute atomic E-state index is 0.208. The van der Waals surface area contributed by atoms with Crippen molar-refractivity contribution in [1.82, 2.24) is 0 Å². The molecule has 0 bridgehead atoms. The van der Waals surface area contributed by atoms with Crippen molar-refractivity contribution in [2.75, 3.05) is 6.61 Å². The number of Topliss-reactive ketones (excluding diaryl/α,β-unsaturated/α-hetero) is 1. The van der Waals surface area contributed by atoms with E-state index in [1.54, 1.807) is 6.92 Å². The van der Waals surface area contributed by atoms with Crippen LogP contribution in [-0.4, -0.2) is 18.4 Å². The van der Waals surface area contributed by atoms with E-state index in [4.69, 9.17) is 4.74 Å². The van der Waals surface area contributed by atoms with Gasteiger partial charge in [-0.15, -0.1) is 0 Å². The Morgan fingerprint density at radius 2 is 2.00 bits per heavy atom. The van der Waals surface area contributed by atoms with Crippen LogP contribution in [0.1, 0.15) is 31.1 Å². The molecule has 0 heterocycles. The SMILES string of the molecule is CCOC(=O)C(C)(C)C(=O)c1ccc(F)cc1Br. The molecule has 0 aliphatic heterocycles. The third-order valence-electron chi connectivity index (χ3n) is 2.53. The van der Waals surface area contributed by atoms with E-state index in [1.165, 1.54) is 32.0 Å². The number of halogens is 2. The van der Waals surface area contributed by atoms with Gasteiger partial charge in [-0.25, -0.2) is 4.39 Å². The smallest absolute Gasteiger partial charge is 0.319 e. The molecule has 18 heavy (non-hydrogen) atoms.